The first-order valence-corrected chi connectivity index (χ1v) is 3.82. The van der Waals surface area contributed by atoms with E-state index in [2.05, 4.69) is 9.73 Å². The van der Waals surface area contributed by atoms with Gasteiger partial charge in [0.2, 0.25) is 0 Å². The van der Waals surface area contributed by atoms with Crippen LogP contribution in [-0.4, -0.2) is 37.0 Å². The Morgan fingerprint density at radius 3 is 3.17 bits per heavy atom. The summed E-state index contributed by atoms with van der Waals surface area (Å²) >= 11 is 0. The second-order valence-electron chi connectivity index (χ2n) is 2.34. The van der Waals surface area contributed by atoms with E-state index in [0.717, 1.165) is 13.0 Å². The van der Waals surface area contributed by atoms with E-state index >= 15 is 0 Å². The predicted octanol–water partition coefficient (Wildman–Crippen LogP) is -0.0772. The third kappa shape index (κ3) is 2.47. The van der Waals surface area contributed by atoms with Gasteiger partial charge in [-0.3, -0.25) is 4.99 Å². The average Bonchev–Trinajstić information content (AvgIpc) is 2.15. The third-order valence-corrected chi connectivity index (χ3v) is 1.41. The standard InChI is InChI=1S/C8H11NO3/c10-4-5-12-8(11)7-2-1-3-9-6-7/h2,6,10H,1,3-5H2. The summed E-state index contributed by atoms with van der Waals surface area (Å²) < 4.78 is 4.68. The molecule has 0 aliphatic carbocycles. The first-order chi connectivity index (χ1) is 5.84. The minimum Gasteiger partial charge on any atom is -0.460 e. The molecule has 1 heterocycles. The largest absolute Gasteiger partial charge is 0.460 e. The maximum absolute atomic E-state index is 11.1. The van der Waals surface area contributed by atoms with Crippen LogP contribution in [0.4, 0.5) is 0 Å². The van der Waals surface area contributed by atoms with Crippen molar-refractivity contribution in [3.05, 3.63) is 11.6 Å². The maximum Gasteiger partial charge on any atom is 0.339 e. The molecule has 0 radical (unpaired) electrons. The molecule has 0 aromatic rings. The molecule has 1 aliphatic heterocycles. The molecule has 4 nitrogen and oxygen atoms in total. The molecule has 0 spiro atoms. The molecule has 4 heteroatoms. The lowest BCUT2D eigenvalue weighted by molar-refractivity contribution is -0.139. The Morgan fingerprint density at radius 2 is 2.58 bits per heavy atom. The van der Waals surface area contributed by atoms with Crippen LogP contribution in [0.3, 0.4) is 0 Å². The lowest BCUT2D eigenvalue weighted by atomic mass is 10.2. The number of ether oxygens (including phenoxy) is 1. The van der Waals surface area contributed by atoms with Gasteiger partial charge in [0.15, 0.2) is 0 Å². The van der Waals surface area contributed by atoms with Gasteiger partial charge >= 0.3 is 5.97 Å². The number of rotatable bonds is 3. The molecule has 1 rings (SSSR count). The van der Waals surface area contributed by atoms with Crippen LogP contribution in [0.25, 0.3) is 0 Å². The van der Waals surface area contributed by atoms with E-state index in [-0.39, 0.29) is 13.2 Å². The van der Waals surface area contributed by atoms with E-state index in [1.54, 1.807) is 6.08 Å². The number of esters is 1. The highest BCUT2D eigenvalue weighted by molar-refractivity contribution is 6.09. The van der Waals surface area contributed by atoms with E-state index in [1.165, 1.54) is 6.21 Å². The highest BCUT2D eigenvalue weighted by Crippen LogP contribution is 2.02. The first kappa shape index (κ1) is 8.93. The lowest BCUT2D eigenvalue weighted by Crippen LogP contribution is -2.13. The van der Waals surface area contributed by atoms with Crippen LogP contribution in [0.15, 0.2) is 16.6 Å². The van der Waals surface area contributed by atoms with Gasteiger partial charge in [0, 0.05) is 12.8 Å². The number of carbonyl (C=O) groups is 1. The van der Waals surface area contributed by atoms with Crippen LogP contribution in [0.2, 0.25) is 0 Å². The number of hydrogen-bond donors (Lipinski definition) is 1. The van der Waals surface area contributed by atoms with Crippen LogP contribution in [-0.2, 0) is 9.53 Å². The van der Waals surface area contributed by atoms with Crippen molar-refractivity contribution in [2.24, 2.45) is 4.99 Å². The first-order valence-electron chi connectivity index (χ1n) is 3.82. The van der Waals surface area contributed by atoms with Crippen LogP contribution >= 0.6 is 0 Å². The predicted molar refractivity (Wildman–Crippen MR) is 44.1 cm³/mol. The molecule has 0 saturated carbocycles. The van der Waals surface area contributed by atoms with Gasteiger partial charge in [0.05, 0.1) is 12.2 Å². The zero-order chi connectivity index (χ0) is 8.81. The molecule has 0 aromatic carbocycles. The summed E-state index contributed by atoms with van der Waals surface area (Å²) in [6, 6.07) is 0. The smallest absolute Gasteiger partial charge is 0.339 e. The highest BCUT2D eigenvalue weighted by atomic mass is 16.5. The highest BCUT2D eigenvalue weighted by Gasteiger charge is 2.09. The minimum absolute atomic E-state index is 0.0456. The second kappa shape index (κ2) is 4.66. The fourth-order valence-corrected chi connectivity index (χ4v) is 0.868. The summed E-state index contributed by atoms with van der Waals surface area (Å²) in [7, 11) is 0. The van der Waals surface area contributed by atoms with Crippen LogP contribution in [0, 0.1) is 0 Å². The summed E-state index contributed by atoms with van der Waals surface area (Å²) in [6.07, 6.45) is 4.07. The Bertz CT molecular complexity index is 220. The number of dihydropyridines is 1. The summed E-state index contributed by atoms with van der Waals surface area (Å²) in [4.78, 5) is 15.0. The van der Waals surface area contributed by atoms with Gasteiger partial charge in [0.1, 0.15) is 6.61 Å². The Labute approximate surface area is 70.6 Å². The minimum atomic E-state index is -0.410. The van der Waals surface area contributed by atoms with Crippen molar-refractivity contribution in [1.29, 1.82) is 0 Å². The molecule has 66 valence electrons. The molecular formula is C8H11NO3. The number of aliphatic imine (C=N–C) groups is 1. The van der Waals surface area contributed by atoms with Crippen LogP contribution in [0.1, 0.15) is 6.42 Å². The third-order valence-electron chi connectivity index (χ3n) is 1.41. The number of hydrogen-bond acceptors (Lipinski definition) is 4. The molecule has 0 unspecified atom stereocenters. The van der Waals surface area contributed by atoms with Gasteiger partial charge in [-0.1, -0.05) is 6.08 Å². The molecular weight excluding hydrogens is 158 g/mol. The Morgan fingerprint density at radius 1 is 1.75 bits per heavy atom. The van der Waals surface area contributed by atoms with E-state index in [1.807, 2.05) is 0 Å². The molecule has 0 atom stereocenters. The average molecular weight is 169 g/mol. The van der Waals surface area contributed by atoms with Crippen molar-refractivity contribution in [1.82, 2.24) is 0 Å². The van der Waals surface area contributed by atoms with Gasteiger partial charge in [0.25, 0.3) is 0 Å². The molecule has 0 fully saturated rings. The Kier molecular flexibility index (Phi) is 3.47. The fraction of sp³-hybridized carbons (Fsp3) is 0.500. The van der Waals surface area contributed by atoms with Crippen LogP contribution < -0.4 is 0 Å². The summed E-state index contributed by atoms with van der Waals surface area (Å²) in [6.45, 7) is 0.636. The molecule has 0 bridgehead atoms. The molecule has 1 aliphatic rings. The maximum atomic E-state index is 11.1. The number of nitrogens with zero attached hydrogens (tertiary/aromatic N) is 1. The van der Waals surface area contributed by atoms with Crippen molar-refractivity contribution < 1.29 is 14.6 Å². The van der Waals surface area contributed by atoms with E-state index in [0.29, 0.717) is 5.57 Å². The number of aliphatic hydroxyl groups is 1. The van der Waals surface area contributed by atoms with Gasteiger partial charge in [-0.2, -0.15) is 0 Å². The van der Waals surface area contributed by atoms with Crippen molar-refractivity contribution in [2.75, 3.05) is 19.8 Å². The van der Waals surface area contributed by atoms with Gasteiger partial charge < -0.3 is 9.84 Å². The van der Waals surface area contributed by atoms with Crippen molar-refractivity contribution in [3.63, 3.8) is 0 Å². The Balaban J connectivity index is 2.41. The van der Waals surface area contributed by atoms with Gasteiger partial charge in [-0.15, -0.1) is 0 Å². The van der Waals surface area contributed by atoms with Crippen molar-refractivity contribution >= 4 is 12.2 Å². The fourth-order valence-electron chi connectivity index (χ4n) is 0.868. The van der Waals surface area contributed by atoms with E-state index < -0.39 is 5.97 Å². The molecule has 0 saturated heterocycles. The van der Waals surface area contributed by atoms with E-state index in [4.69, 9.17) is 5.11 Å². The zero-order valence-electron chi connectivity index (χ0n) is 6.69. The molecule has 0 aromatic heterocycles. The molecule has 0 amide bonds. The molecule has 12 heavy (non-hydrogen) atoms. The summed E-state index contributed by atoms with van der Waals surface area (Å²) in [5.41, 5.74) is 0.481. The summed E-state index contributed by atoms with van der Waals surface area (Å²) in [5.74, 6) is -0.410. The topological polar surface area (TPSA) is 58.9 Å². The lowest BCUT2D eigenvalue weighted by Gasteiger charge is -2.05. The van der Waals surface area contributed by atoms with Gasteiger partial charge in [-0.25, -0.2) is 4.79 Å². The monoisotopic (exact) mass is 169 g/mol. The molecule has 1 N–H and O–H groups in total. The van der Waals surface area contributed by atoms with Crippen molar-refractivity contribution in [3.8, 4) is 0 Å². The summed E-state index contributed by atoms with van der Waals surface area (Å²) in [5, 5.41) is 8.38. The van der Waals surface area contributed by atoms with Gasteiger partial charge in [-0.05, 0) is 6.42 Å². The quantitative estimate of drug-likeness (QED) is 0.601. The number of carbonyl (C=O) groups excluding carboxylic acids is 1. The van der Waals surface area contributed by atoms with Crippen molar-refractivity contribution in [2.45, 2.75) is 6.42 Å². The SMILES string of the molecule is O=C(OCCO)C1=CCCN=C1. The van der Waals surface area contributed by atoms with E-state index in [9.17, 15) is 4.79 Å². The second-order valence-corrected chi connectivity index (χ2v) is 2.34. The number of aliphatic hydroxyl groups excluding tert-OH is 1. The Hall–Kier alpha value is -1.16. The van der Waals surface area contributed by atoms with Crippen LogP contribution in [0.5, 0.6) is 0 Å². The zero-order valence-corrected chi connectivity index (χ0v) is 6.69. The normalized spacial score (nSPS) is 15.6.